The van der Waals surface area contributed by atoms with Crippen molar-refractivity contribution in [2.75, 3.05) is 0 Å². The molecular weight excluding hydrogens is 760 g/mol. The molecule has 16 heteroatoms. The van der Waals surface area contributed by atoms with Crippen LogP contribution in [0.15, 0.2) is 11.6 Å². The molecule has 16 nitrogen and oxygen atoms in total. The van der Waals surface area contributed by atoms with E-state index in [4.69, 9.17) is 18.9 Å². The van der Waals surface area contributed by atoms with Gasteiger partial charge < -0.3 is 64.9 Å². The highest BCUT2D eigenvalue weighted by molar-refractivity contribution is 5.79. The van der Waals surface area contributed by atoms with Gasteiger partial charge in [-0.2, -0.15) is 0 Å². The van der Waals surface area contributed by atoms with Crippen LogP contribution in [-0.2, 0) is 33.3 Å². The van der Waals surface area contributed by atoms with Crippen molar-refractivity contribution in [2.45, 2.75) is 180 Å². The quantitative estimate of drug-likeness (QED) is 0.104. The largest absolute Gasteiger partial charge is 0.481 e. The van der Waals surface area contributed by atoms with E-state index < -0.39 is 125 Å². The van der Waals surface area contributed by atoms with Crippen molar-refractivity contribution < 1.29 is 79.3 Å². The van der Waals surface area contributed by atoms with Crippen molar-refractivity contribution in [3.8, 4) is 0 Å². The monoisotopic (exact) mass is 824 g/mol. The molecule has 0 aromatic heterocycles. The van der Waals surface area contributed by atoms with Crippen LogP contribution in [0.3, 0.4) is 0 Å². The molecular formula is C42H64O16. The van der Waals surface area contributed by atoms with Gasteiger partial charge in [0.15, 0.2) is 12.4 Å². The summed E-state index contributed by atoms with van der Waals surface area (Å²) in [5.41, 5.74) is -3.25. The Bertz CT molecular complexity index is 1680. The molecule has 2 heterocycles. The van der Waals surface area contributed by atoms with Gasteiger partial charge in [-0.25, -0.2) is 4.79 Å². The molecule has 0 spiro atoms. The van der Waals surface area contributed by atoms with E-state index in [1.54, 1.807) is 0 Å². The van der Waals surface area contributed by atoms with E-state index >= 15 is 0 Å². The van der Waals surface area contributed by atoms with E-state index in [0.717, 1.165) is 12.0 Å². The maximum absolute atomic E-state index is 14.5. The fraction of sp³-hybridized carbons (Fsp3) is 0.881. The highest BCUT2D eigenvalue weighted by atomic mass is 16.7. The Balaban J connectivity index is 1.21. The number of ether oxygens (including phenoxy) is 4. The molecule has 3 unspecified atom stereocenters. The van der Waals surface area contributed by atoms with Crippen LogP contribution in [0.25, 0.3) is 0 Å². The first kappa shape index (κ1) is 43.8. The molecule has 7 rings (SSSR count). The summed E-state index contributed by atoms with van der Waals surface area (Å²) >= 11 is 0. The van der Waals surface area contributed by atoms with Gasteiger partial charge in [0.2, 0.25) is 6.29 Å². The summed E-state index contributed by atoms with van der Waals surface area (Å²) in [6, 6.07) is 0. The zero-order chi connectivity index (χ0) is 42.9. The molecule has 0 amide bonds. The maximum atomic E-state index is 14.5. The third kappa shape index (κ3) is 6.17. The van der Waals surface area contributed by atoms with Crippen LogP contribution >= 0.6 is 0 Å². The SMILES string of the molecule is C[C@H]1O[C@@H](OC(=O)[C@]23CCC(C)(C)CC2C2=CCC4[C@@]5(C)C[C@H](O)[C@H](O[C@@H]6O[C@H](C(=O)O)[C@@H](O)[C@H](O)[C@H]6O)[C@@](C)(C(=O)O)C5CC[C@@]4(C)[C@]2(C)CC3)[C@H](O)[C@@H](O)[C@H]1O. The number of hydrogen-bond donors (Lipinski definition) is 9. The van der Waals surface area contributed by atoms with Gasteiger partial charge in [0.1, 0.15) is 42.7 Å². The Labute approximate surface area is 338 Å². The Hall–Kier alpha value is -2.25. The molecule has 328 valence electrons. The van der Waals surface area contributed by atoms with E-state index in [0.29, 0.717) is 44.9 Å². The van der Waals surface area contributed by atoms with Crippen molar-refractivity contribution in [2.24, 2.45) is 50.2 Å². The van der Waals surface area contributed by atoms with E-state index in [1.165, 1.54) is 13.8 Å². The van der Waals surface area contributed by atoms with Crippen LogP contribution < -0.4 is 0 Å². The van der Waals surface area contributed by atoms with Crippen LogP contribution in [0, 0.1) is 50.2 Å². The topological polar surface area (TPSA) is 270 Å². The molecule has 0 bridgehead atoms. The van der Waals surface area contributed by atoms with Crippen LogP contribution in [0.4, 0.5) is 0 Å². The summed E-state index contributed by atoms with van der Waals surface area (Å²) in [6.45, 7) is 14.0. The molecule has 0 aromatic rings. The molecule has 0 aromatic carbocycles. The lowest BCUT2D eigenvalue weighted by Gasteiger charge is -2.71. The van der Waals surface area contributed by atoms with E-state index in [1.807, 2.05) is 6.92 Å². The summed E-state index contributed by atoms with van der Waals surface area (Å²) in [6.07, 6.45) is -12.3. The fourth-order valence-electron chi connectivity index (χ4n) is 13.5. The van der Waals surface area contributed by atoms with Gasteiger partial charge in [-0.15, -0.1) is 0 Å². The zero-order valence-electron chi connectivity index (χ0n) is 34.5. The molecule has 9 N–H and O–H groups in total. The third-order valence-corrected chi connectivity index (χ3v) is 17.2. The van der Waals surface area contributed by atoms with E-state index in [2.05, 4.69) is 33.8 Å². The molecule has 2 aliphatic heterocycles. The highest BCUT2D eigenvalue weighted by Gasteiger charge is 2.73. The average molecular weight is 825 g/mol. The Morgan fingerprint density at radius 3 is 1.98 bits per heavy atom. The lowest BCUT2D eigenvalue weighted by atomic mass is 9.33. The van der Waals surface area contributed by atoms with Gasteiger partial charge in [0.05, 0.1) is 23.0 Å². The normalized spacial score (nSPS) is 53.8. The first-order valence-electron chi connectivity index (χ1n) is 20.9. The number of hydrogen-bond acceptors (Lipinski definition) is 14. The van der Waals surface area contributed by atoms with Crippen molar-refractivity contribution in [1.29, 1.82) is 0 Å². The number of carboxylic acid groups (broad SMARTS) is 2. The molecule has 58 heavy (non-hydrogen) atoms. The first-order chi connectivity index (χ1) is 26.8. The Kier molecular flexibility index (Phi) is 10.9. The number of carbonyl (C=O) groups excluding carboxylic acids is 1. The number of carboxylic acids is 2. The lowest BCUT2D eigenvalue weighted by molar-refractivity contribution is -0.335. The summed E-state index contributed by atoms with van der Waals surface area (Å²) in [5, 5.41) is 95.6. The number of fused-ring (bicyclic) bond motifs is 7. The van der Waals surface area contributed by atoms with Crippen LogP contribution in [0.2, 0.25) is 0 Å². The maximum Gasteiger partial charge on any atom is 0.335 e. The molecule has 20 atom stereocenters. The summed E-state index contributed by atoms with van der Waals surface area (Å²) in [7, 11) is 0. The number of rotatable bonds is 6. The third-order valence-electron chi connectivity index (χ3n) is 17.2. The van der Waals surface area contributed by atoms with Crippen molar-refractivity contribution in [3.05, 3.63) is 11.6 Å². The zero-order valence-corrected chi connectivity index (χ0v) is 34.5. The molecule has 0 radical (unpaired) electrons. The lowest BCUT2D eigenvalue weighted by Crippen LogP contribution is -2.70. The standard InChI is InChI=1S/C42H64O16/c1-18-24(44)25(45)28(48)33(55-18)58-36(54)42-14-12-37(2,3)16-20(42)19-8-9-22-38(4)17-21(43)31(57-34-29(49)26(46)27(47)30(56-34)32(50)51)41(7,35(52)53)23(38)10-11-40(22,6)39(19,5)13-15-42/h8,18,20-31,33-34,43-49H,9-17H2,1-7H3,(H,50,51)(H,52,53)/t18-,20?,21+,22?,23?,24+,25+,26+,27+,28-,29-,30+,31+,33+,34+,38-,39-,40-,41+,42+/m1/s1. The second-order valence-electron chi connectivity index (χ2n) is 20.6. The van der Waals surface area contributed by atoms with Gasteiger partial charge in [-0.05, 0) is 111 Å². The van der Waals surface area contributed by atoms with Crippen molar-refractivity contribution in [3.63, 3.8) is 0 Å². The molecule has 4 saturated carbocycles. The van der Waals surface area contributed by atoms with Gasteiger partial charge in [0, 0.05) is 0 Å². The average Bonchev–Trinajstić information content (AvgIpc) is 3.14. The van der Waals surface area contributed by atoms with E-state index in [-0.39, 0.29) is 23.7 Å². The minimum absolute atomic E-state index is 0.107. The molecule has 6 fully saturated rings. The summed E-state index contributed by atoms with van der Waals surface area (Å²) in [4.78, 5) is 39.9. The Morgan fingerprint density at radius 2 is 1.34 bits per heavy atom. The minimum Gasteiger partial charge on any atom is -0.481 e. The number of aliphatic hydroxyl groups is 7. The number of allylic oxidation sites excluding steroid dienone is 2. The fourth-order valence-corrected chi connectivity index (χ4v) is 13.5. The smallest absolute Gasteiger partial charge is 0.335 e. The van der Waals surface area contributed by atoms with Crippen molar-refractivity contribution >= 4 is 17.9 Å². The summed E-state index contributed by atoms with van der Waals surface area (Å²) < 4.78 is 23.1. The second-order valence-corrected chi connectivity index (χ2v) is 20.6. The minimum atomic E-state index is -1.97. The predicted octanol–water partition coefficient (Wildman–Crippen LogP) is 1.47. The van der Waals surface area contributed by atoms with Crippen LogP contribution in [0.5, 0.6) is 0 Å². The van der Waals surface area contributed by atoms with Gasteiger partial charge in [-0.3, -0.25) is 9.59 Å². The number of aliphatic carboxylic acids is 2. The first-order valence-corrected chi connectivity index (χ1v) is 20.9. The van der Waals surface area contributed by atoms with E-state index in [9.17, 15) is 60.3 Å². The molecule has 2 saturated heterocycles. The Morgan fingerprint density at radius 1 is 0.724 bits per heavy atom. The highest BCUT2D eigenvalue weighted by Crippen LogP contribution is 2.76. The predicted molar refractivity (Wildman–Crippen MR) is 200 cm³/mol. The number of aliphatic hydroxyl groups excluding tert-OH is 7. The molecule has 7 aliphatic rings. The van der Waals surface area contributed by atoms with Crippen molar-refractivity contribution in [1.82, 2.24) is 0 Å². The number of esters is 1. The second kappa shape index (κ2) is 14.4. The summed E-state index contributed by atoms with van der Waals surface area (Å²) in [5.74, 6) is -4.26. The van der Waals surface area contributed by atoms with Gasteiger partial charge in [-0.1, -0.05) is 46.3 Å². The number of carbonyl (C=O) groups is 3. The van der Waals surface area contributed by atoms with Crippen LogP contribution in [-0.4, -0.2) is 137 Å². The van der Waals surface area contributed by atoms with Crippen LogP contribution in [0.1, 0.15) is 106 Å². The molecule has 5 aliphatic carbocycles. The van der Waals surface area contributed by atoms with Gasteiger partial charge in [0.25, 0.3) is 0 Å². The van der Waals surface area contributed by atoms with Gasteiger partial charge >= 0.3 is 17.9 Å².